The minimum atomic E-state index is 0.302. The van der Waals surface area contributed by atoms with Crippen molar-refractivity contribution >= 4 is 0 Å². The number of pyridine rings is 1. The van der Waals surface area contributed by atoms with Gasteiger partial charge in [0.1, 0.15) is 5.75 Å². The Hall–Kier alpha value is -1.09. The van der Waals surface area contributed by atoms with Crippen molar-refractivity contribution in [2.75, 3.05) is 0 Å². The van der Waals surface area contributed by atoms with Crippen molar-refractivity contribution in [3.63, 3.8) is 0 Å². The van der Waals surface area contributed by atoms with Crippen molar-refractivity contribution < 1.29 is 4.74 Å². The van der Waals surface area contributed by atoms with Crippen LogP contribution in [0.5, 0.6) is 5.75 Å². The summed E-state index contributed by atoms with van der Waals surface area (Å²) in [6.07, 6.45) is 7.40. The van der Waals surface area contributed by atoms with Gasteiger partial charge in [-0.05, 0) is 36.7 Å². The maximum atomic E-state index is 6.16. The number of nitrogens with two attached hydrogens (primary N) is 1. The van der Waals surface area contributed by atoms with Crippen molar-refractivity contribution in [2.24, 2.45) is 17.1 Å². The molecule has 0 spiro atoms. The minimum Gasteiger partial charge on any atom is -0.490 e. The summed E-state index contributed by atoms with van der Waals surface area (Å²) >= 11 is 0. The van der Waals surface area contributed by atoms with Crippen molar-refractivity contribution in [3.05, 3.63) is 24.0 Å². The monoisotopic (exact) mass is 248 g/mol. The van der Waals surface area contributed by atoms with Crippen LogP contribution in [-0.4, -0.2) is 11.1 Å². The average molecular weight is 248 g/mol. The molecule has 0 bridgehead atoms. The highest BCUT2D eigenvalue weighted by Crippen LogP contribution is 2.40. The summed E-state index contributed by atoms with van der Waals surface area (Å²) in [5.74, 6) is 1.63. The Morgan fingerprint density at radius 1 is 1.44 bits per heavy atom. The largest absolute Gasteiger partial charge is 0.490 e. The zero-order valence-corrected chi connectivity index (χ0v) is 11.6. The van der Waals surface area contributed by atoms with E-state index in [9.17, 15) is 0 Å². The molecule has 0 aliphatic heterocycles. The first-order valence-electron chi connectivity index (χ1n) is 6.80. The number of hydrogen-bond donors (Lipinski definition) is 1. The first-order valence-corrected chi connectivity index (χ1v) is 6.80. The molecule has 2 unspecified atom stereocenters. The summed E-state index contributed by atoms with van der Waals surface area (Å²) in [5, 5.41) is 0. The number of aromatic nitrogens is 1. The number of ether oxygens (including phenoxy) is 1. The Bertz CT molecular complexity index is 403. The molecule has 1 aliphatic carbocycles. The van der Waals surface area contributed by atoms with E-state index in [2.05, 4.69) is 25.8 Å². The lowest BCUT2D eigenvalue weighted by Gasteiger charge is -2.39. The van der Waals surface area contributed by atoms with E-state index in [0.717, 1.165) is 30.1 Å². The van der Waals surface area contributed by atoms with Crippen LogP contribution in [0, 0.1) is 11.3 Å². The summed E-state index contributed by atoms with van der Waals surface area (Å²) in [5.41, 5.74) is 7.08. The van der Waals surface area contributed by atoms with Gasteiger partial charge in [0.15, 0.2) is 0 Å². The molecule has 18 heavy (non-hydrogen) atoms. The van der Waals surface area contributed by atoms with E-state index in [1.807, 2.05) is 6.07 Å². The van der Waals surface area contributed by atoms with E-state index in [1.165, 1.54) is 6.42 Å². The van der Waals surface area contributed by atoms with E-state index < -0.39 is 0 Å². The normalized spacial score (nSPS) is 26.9. The van der Waals surface area contributed by atoms with E-state index >= 15 is 0 Å². The van der Waals surface area contributed by atoms with Gasteiger partial charge < -0.3 is 10.5 Å². The predicted octanol–water partition coefficient (Wildman–Crippen LogP) is 3.13. The van der Waals surface area contributed by atoms with Gasteiger partial charge in [-0.25, -0.2) is 0 Å². The van der Waals surface area contributed by atoms with Crippen LogP contribution in [-0.2, 0) is 6.54 Å². The molecule has 0 aromatic carbocycles. The topological polar surface area (TPSA) is 48.1 Å². The van der Waals surface area contributed by atoms with Crippen LogP contribution in [0.3, 0.4) is 0 Å². The molecule has 2 rings (SSSR count). The third-order valence-corrected chi connectivity index (χ3v) is 3.72. The van der Waals surface area contributed by atoms with Gasteiger partial charge in [0.05, 0.1) is 6.10 Å². The van der Waals surface area contributed by atoms with Gasteiger partial charge >= 0.3 is 0 Å². The van der Waals surface area contributed by atoms with E-state index in [0.29, 0.717) is 18.1 Å². The lowest BCUT2D eigenvalue weighted by molar-refractivity contribution is 0.0556. The molecular weight excluding hydrogens is 224 g/mol. The van der Waals surface area contributed by atoms with Crippen LogP contribution in [0.15, 0.2) is 18.5 Å². The smallest absolute Gasteiger partial charge is 0.127 e. The van der Waals surface area contributed by atoms with Crippen molar-refractivity contribution in [2.45, 2.75) is 52.7 Å². The van der Waals surface area contributed by atoms with Gasteiger partial charge in [-0.15, -0.1) is 0 Å². The van der Waals surface area contributed by atoms with E-state index in [4.69, 9.17) is 10.5 Å². The van der Waals surface area contributed by atoms with Crippen LogP contribution >= 0.6 is 0 Å². The Morgan fingerprint density at radius 3 is 2.89 bits per heavy atom. The van der Waals surface area contributed by atoms with Crippen molar-refractivity contribution in [3.8, 4) is 5.75 Å². The fourth-order valence-electron chi connectivity index (χ4n) is 3.21. The molecule has 1 saturated carbocycles. The zero-order chi connectivity index (χ0) is 13.2. The summed E-state index contributed by atoms with van der Waals surface area (Å²) < 4.78 is 6.16. The van der Waals surface area contributed by atoms with Crippen molar-refractivity contribution in [1.29, 1.82) is 0 Å². The maximum absolute atomic E-state index is 6.16. The summed E-state index contributed by atoms with van der Waals surface area (Å²) in [7, 11) is 0. The molecule has 100 valence electrons. The lowest BCUT2D eigenvalue weighted by Crippen LogP contribution is -2.34. The van der Waals surface area contributed by atoms with Crippen LogP contribution < -0.4 is 10.5 Å². The molecule has 2 atom stereocenters. The molecule has 1 aliphatic rings. The molecular formula is C15H24N2O. The first-order chi connectivity index (χ1) is 8.50. The molecule has 1 fully saturated rings. The third-order valence-electron chi connectivity index (χ3n) is 3.72. The van der Waals surface area contributed by atoms with Crippen molar-refractivity contribution in [1.82, 2.24) is 4.98 Å². The van der Waals surface area contributed by atoms with Gasteiger partial charge in [0, 0.05) is 24.5 Å². The Kier molecular flexibility index (Phi) is 3.91. The first kappa shape index (κ1) is 13.3. The van der Waals surface area contributed by atoms with Crippen LogP contribution in [0.4, 0.5) is 0 Å². The summed E-state index contributed by atoms with van der Waals surface area (Å²) in [6, 6.07) is 1.93. The molecule has 1 heterocycles. The van der Waals surface area contributed by atoms with Gasteiger partial charge in [0.25, 0.3) is 0 Å². The third kappa shape index (κ3) is 3.22. The quantitative estimate of drug-likeness (QED) is 0.894. The highest BCUT2D eigenvalue weighted by Gasteiger charge is 2.33. The zero-order valence-electron chi connectivity index (χ0n) is 11.6. The molecule has 0 radical (unpaired) electrons. The van der Waals surface area contributed by atoms with E-state index in [-0.39, 0.29) is 0 Å². The lowest BCUT2D eigenvalue weighted by atomic mass is 9.71. The van der Waals surface area contributed by atoms with Crippen LogP contribution in [0.1, 0.15) is 45.6 Å². The number of rotatable bonds is 3. The molecule has 0 saturated heterocycles. The highest BCUT2D eigenvalue weighted by molar-refractivity contribution is 5.30. The summed E-state index contributed by atoms with van der Waals surface area (Å²) in [6.45, 7) is 7.45. The van der Waals surface area contributed by atoms with Crippen LogP contribution in [0.25, 0.3) is 0 Å². The summed E-state index contributed by atoms with van der Waals surface area (Å²) in [4.78, 5) is 4.09. The maximum Gasteiger partial charge on any atom is 0.127 e. The second kappa shape index (κ2) is 5.27. The molecule has 1 aromatic rings. The Labute approximate surface area is 110 Å². The van der Waals surface area contributed by atoms with Gasteiger partial charge in [0.2, 0.25) is 0 Å². The minimum absolute atomic E-state index is 0.302. The fourth-order valence-corrected chi connectivity index (χ4v) is 3.21. The second-order valence-corrected chi connectivity index (χ2v) is 6.34. The van der Waals surface area contributed by atoms with Crippen LogP contribution in [0.2, 0.25) is 0 Å². The fraction of sp³-hybridized carbons (Fsp3) is 0.667. The second-order valence-electron chi connectivity index (χ2n) is 6.34. The molecule has 2 N–H and O–H groups in total. The average Bonchev–Trinajstić information content (AvgIpc) is 2.27. The molecule has 0 amide bonds. The van der Waals surface area contributed by atoms with Gasteiger partial charge in [-0.2, -0.15) is 0 Å². The van der Waals surface area contributed by atoms with Gasteiger partial charge in [-0.3, -0.25) is 4.98 Å². The highest BCUT2D eigenvalue weighted by atomic mass is 16.5. The van der Waals surface area contributed by atoms with Gasteiger partial charge in [-0.1, -0.05) is 20.8 Å². The predicted molar refractivity (Wildman–Crippen MR) is 73.3 cm³/mol. The molecule has 3 heteroatoms. The molecule has 1 aromatic heterocycles. The van der Waals surface area contributed by atoms with E-state index in [1.54, 1.807) is 12.4 Å². The number of hydrogen-bond acceptors (Lipinski definition) is 3. The molecule has 3 nitrogen and oxygen atoms in total. The SMILES string of the molecule is CC1CC(Oc2ccncc2CN)CC(C)(C)C1. The standard InChI is InChI=1S/C15H24N2O/c1-11-6-13(8-15(2,3)7-11)18-14-4-5-17-10-12(14)9-16/h4-5,10-11,13H,6-9,16H2,1-3H3. The Balaban J connectivity index is 2.09. The Morgan fingerprint density at radius 2 is 2.22 bits per heavy atom. The number of nitrogens with zero attached hydrogens (tertiary/aromatic N) is 1.